The highest BCUT2D eigenvalue weighted by Crippen LogP contribution is 2.22. The van der Waals surface area contributed by atoms with Crippen LogP contribution in [-0.4, -0.2) is 25.8 Å². The molecule has 5 N–H and O–H groups in total. The molecule has 0 aliphatic carbocycles. The molecule has 204 valence electrons. The van der Waals surface area contributed by atoms with Crippen LogP contribution in [0.5, 0.6) is 11.5 Å². The second-order valence-corrected chi connectivity index (χ2v) is 10.2. The molecule has 0 bridgehead atoms. The van der Waals surface area contributed by atoms with Gasteiger partial charge in [0.2, 0.25) is 6.41 Å². The molecule has 11 heteroatoms. The van der Waals surface area contributed by atoms with Crippen molar-refractivity contribution < 1.29 is 27.9 Å². The average Bonchev–Trinajstić information content (AvgIpc) is 2.95. The number of amides is 2. The van der Waals surface area contributed by atoms with E-state index >= 15 is 0 Å². The molecule has 10 nitrogen and oxygen atoms in total. The Morgan fingerprint density at radius 2 is 1.48 bits per heavy atom. The highest BCUT2D eigenvalue weighted by molar-refractivity contribution is 7.92. The van der Waals surface area contributed by atoms with E-state index < -0.39 is 15.9 Å². The van der Waals surface area contributed by atoms with Crippen molar-refractivity contribution in [1.82, 2.24) is 5.43 Å². The number of carbonyl (C=O) groups is 2. The van der Waals surface area contributed by atoms with E-state index in [1.54, 1.807) is 42.5 Å². The van der Waals surface area contributed by atoms with Crippen molar-refractivity contribution in [2.24, 2.45) is 0 Å². The van der Waals surface area contributed by atoms with Crippen LogP contribution in [0.2, 0.25) is 0 Å². The van der Waals surface area contributed by atoms with E-state index in [4.69, 9.17) is 4.74 Å². The Balaban J connectivity index is 1.34. The molecule has 0 aromatic heterocycles. The average molecular weight is 559 g/mol. The number of rotatable bonds is 12. The highest BCUT2D eigenvalue weighted by Gasteiger charge is 2.16. The summed E-state index contributed by atoms with van der Waals surface area (Å²) < 4.78 is 33.8. The number of benzene rings is 4. The Kier molecular flexibility index (Phi) is 8.67. The first-order valence-electron chi connectivity index (χ1n) is 11.9. The van der Waals surface area contributed by atoms with Crippen molar-refractivity contribution in [2.75, 3.05) is 15.5 Å². The van der Waals surface area contributed by atoms with Gasteiger partial charge in [0.25, 0.3) is 15.9 Å². The zero-order valence-corrected chi connectivity index (χ0v) is 21.9. The SMILES string of the molecule is C=C(Oc1ccc(Cc2ccc(O)cc2)cc1)C(=O)Nc1cccc(S(=O)(=O)Nc2ccc(NNC=O)cc2)c1. The largest absolute Gasteiger partial charge is 0.508 e. The molecule has 0 spiro atoms. The summed E-state index contributed by atoms with van der Waals surface area (Å²) >= 11 is 0. The summed E-state index contributed by atoms with van der Waals surface area (Å²) in [4.78, 5) is 23.0. The summed E-state index contributed by atoms with van der Waals surface area (Å²) in [6.45, 7) is 3.68. The Morgan fingerprint density at radius 1 is 0.850 bits per heavy atom. The van der Waals surface area contributed by atoms with E-state index in [0.717, 1.165) is 11.1 Å². The first-order chi connectivity index (χ1) is 19.2. The summed E-state index contributed by atoms with van der Waals surface area (Å²) in [7, 11) is -3.96. The molecule has 2 amide bonds. The third-order valence-corrected chi connectivity index (χ3v) is 6.96. The van der Waals surface area contributed by atoms with Gasteiger partial charge in [-0.05, 0) is 84.3 Å². The van der Waals surface area contributed by atoms with Gasteiger partial charge in [-0.15, -0.1) is 0 Å². The van der Waals surface area contributed by atoms with Crippen molar-refractivity contribution in [3.05, 3.63) is 121 Å². The van der Waals surface area contributed by atoms with Crippen LogP contribution in [0.1, 0.15) is 11.1 Å². The molecule has 0 heterocycles. The number of phenolic OH excluding ortho intramolecular Hbond substituents is 1. The van der Waals surface area contributed by atoms with Crippen LogP contribution in [0, 0.1) is 0 Å². The number of anilines is 3. The standard InChI is InChI=1S/C29H26N4O6S/c1-20(39-27-15-7-22(8-16-27)17-21-5-13-26(35)14-6-21)29(36)31-25-3-2-4-28(18-25)40(37,38)33-24-11-9-23(10-12-24)32-30-19-34/h2-16,18-19,32-33,35H,1,17H2,(H,30,34)(H,31,36). The first kappa shape index (κ1) is 27.7. The van der Waals surface area contributed by atoms with Gasteiger partial charge in [0, 0.05) is 11.4 Å². The molecule has 0 atom stereocenters. The van der Waals surface area contributed by atoms with E-state index in [0.29, 0.717) is 30.0 Å². The molecular weight excluding hydrogens is 532 g/mol. The number of nitrogens with one attached hydrogen (secondary N) is 4. The number of phenols is 1. The molecule has 0 unspecified atom stereocenters. The lowest BCUT2D eigenvalue weighted by Crippen LogP contribution is -2.19. The van der Waals surface area contributed by atoms with Gasteiger partial charge in [-0.2, -0.15) is 0 Å². The number of carbonyl (C=O) groups excluding carboxylic acids is 2. The molecule has 0 aliphatic rings. The van der Waals surface area contributed by atoms with Crippen LogP contribution in [0.3, 0.4) is 0 Å². The Hall–Kier alpha value is -5.29. The van der Waals surface area contributed by atoms with E-state index in [1.165, 1.54) is 30.3 Å². The molecule has 0 radical (unpaired) electrons. The lowest BCUT2D eigenvalue weighted by molar-refractivity contribution is -0.114. The van der Waals surface area contributed by atoms with Crippen LogP contribution in [0.4, 0.5) is 17.1 Å². The van der Waals surface area contributed by atoms with Gasteiger partial charge in [-0.3, -0.25) is 25.2 Å². The maximum Gasteiger partial charge on any atom is 0.290 e. The Morgan fingerprint density at radius 3 is 2.12 bits per heavy atom. The number of ether oxygens (including phenoxy) is 1. The van der Waals surface area contributed by atoms with E-state index in [2.05, 4.69) is 27.5 Å². The number of aromatic hydroxyl groups is 1. The molecule has 40 heavy (non-hydrogen) atoms. The minimum atomic E-state index is -3.96. The quantitative estimate of drug-likeness (QED) is 0.0750. The van der Waals surface area contributed by atoms with Crippen LogP contribution in [0.15, 0.2) is 114 Å². The van der Waals surface area contributed by atoms with Gasteiger partial charge in [-0.25, -0.2) is 8.42 Å². The van der Waals surface area contributed by atoms with Gasteiger partial charge < -0.3 is 15.2 Å². The number of sulfonamides is 1. The summed E-state index contributed by atoms with van der Waals surface area (Å²) in [6, 6.07) is 26.1. The van der Waals surface area contributed by atoms with Crippen molar-refractivity contribution in [3.8, 4) is 11.5 Å². The fourth-order valence-electron chi connectivity index (χ4n) is 3.60. The Bertz CT molecular complexity index is 1600. The zero-order valence-electron chi connectivity index (χ0n) is 21.1. The number of hydrogen-bond acceptors (Lipinski definition) is 7. The lowest BCUT2D eigenvalue weighted by Gasteiger charge is -2.12. The fraction of sp³-hybridized carbons (Fsp3) is 0.0345. The minimum Gasteiger partial charge on any atom is -0.508 e. The fourth-order valence-corrected chi connectivity index (χ4v) is 4.71. The minimum absolute atomic E-state index is 0.0640. The maximum atomic E-state index is 12.9. The monoisotopic (exact) mass is 558 g/mol. The molecule has 4 rings (SSSR count). The van der Waals surface area contributed by atoms with Gasteiger partial charge in [0.15, 0.2) is 5.76 Å². The predicted molar refractivity (Wildman–Crippen MR) is 152 cm³/mol. The third kappa shape index (κ3) is 7.62. The summed E-state index contributed by atoms with van der Waals surface area (Å²) in [5, 5.41) is 12.0. The molecular formula is C29H26N4O6S. The van der Waals surface area contributed by atoms with Crippen molar-refractivity contribution >= 4 is 39.4 Å². The zero-order chi connectivity index (χ0) is 28.5. The predicted octanol–water partition coefficient (Wildman–Crippen LogP) is 4.39. The lowest BCUT2D eigenvalue weighted by atomic mass is 10.0. The molecule has 0 fully saturated rings. The summed E-state index contributed by atoms with van der Waals surface area (Å²) in [5.41, 5.74) is 8.07. The number of hydrogen-bond donors (Lipinski definition) is 5. The summed E-state index contributed by atoms with van der Waals surface area (Å²) in [6.07, 6.45) is 1.14. The molecule has 4 aromatic rings. The van der Waals surface area contributed by atoms with Crippen LogP contribution < -0.4 is 25.6 Å². The second-order valence-electron chi connectivity index (χ2n) is 8.56. The van der Waals surface area contributed by atoms with E-state index in [1.807, 2.05) is 24.3 Å². The molecule has 4 aromatic carbocycles. The van der Waals surface area contributed by atoms with Crippen molar-refractivity contribution in [3.63, 3.8) is 0 Å². The normalized spacial score (nSPS) is 10.7. The molecule has 0 saturated heterocycles. The van der Waals surface area contributed by atoms with E-state index in [-0.39, 0.29) is 22.1 Å². The summed E-state index contributed by atoms with van der Waals surface area (Å²) in [5.74, 6) is -0.184. The van der Waals surface area contributed by atoms with Crippen molar-refractivity contribution in [2.45, 2.75) is 11.3 Å². The van der Waals surface area contributed by atoms with Crippen LogP contribution in [0.25, 0.3) is 0 Å². The van der Waals surface area contributed by atoms with Gasteiger partial charge >= 0.3 is 0 Å². The van der Waals surface area contributed by atoms with Crippen LogP contribution >= 0.6 is 0 Å². The van der Waals surface area contributed by atoms with Crippen molar-refractivity contribution in [1.29, 1.82) is 0 Å². The van der Waals surface area contributed by atoms with Gasteiger partial charge in [0.1, 0.15) is 11.5 Å². The van der Waals surface area contributed by atoms with Gasteiger partial charge in [0.05, 0.1) is 10.6 Å². The third-order valence-electron chi connectivity index (χ3n) is 5.58. The van der Waals surface area contributed by atoms with Gasteiger partial charge in [-0.1, -0.05) is 36.9 Å². The van der Waals surface area contributed by atoms with Crippen LogP contribution in [-0.2, 0) is 26.0 Å². The highest BCUT2D eigenvalue weighted by atomic mass is 32.2. The smallest absolute Gasteiger partial charge is 0.290 e. The van der Waals surface area contributed by atoms with E-state index in [9.17, 15) is 23.1 Å². The molecule has 0 aliphatic heterocycles. The first-order valence-corrected chi connectivity index (χ1v) is 13.4. The Labute approximate surface area is 231 Å². The topological polar surface area (TPSA) is 146 Å². The maximum absolute atomic E-state index is 12.9. The molecule has 0 saturated carbocycles. The second kappa shape index (κ2) is 12.5. The number of hydrazine groups is 1.